The number of nitrogens with two attached hydrogens (primary N) is 1. The average molecular weight is 843 g/mol. The topological polar surface area (TPSA) is 262 Å². The molecule has 16 nitrogen and oxygen atoms in total. The molecule has 0 fully saturated rings. The van der Waals surface area contributed by atoms with E-state index in [-0.39, 0.29) is 76.8 Å². The molecule has 5 rings (SSSR count). The van der Waals surface area contributed by atoms with Gasteiger partial charge in [0, 0.05) is 59.3 Å². The van der Waals surface area contributed by atoms with E-state index in [0.717, 1.165) is 0 Å². The molecule has 0 heterocycles. The summed E-state index contributed by atoms with van der Waals surface area (Å²) in [7, 11) is 0. The number of hydrogen-bond donors (Lipinski definition) is 5. The lowest BCUT2D eigenvalue weighted by Gasteiger charge is -2.17. The lowest BCUT2D eigenvalue weighted by atomic mass is 9.95. The molecule has 1 atom stereocenters. The Labute approximate surface area is 354 Å². The Hall–Kier alpha value is -8.01. The first-order valence-corrected chi connectivity index (χ1v) is 19.2. The van der Waals surface area contributed by atoms with E-state index in [4.69, 9.17) is 15.6 Å². The number of carbonyl (C=O) groups excluding carboxylic acids is 6. The van der Waals surface area contributed by atoms with Crippen molar-refractivity contribution in [2.45, 2.75) is 45.6 Å². The molecule has 318 valence electrons. The maximum absolute atomic E-state index is 13.5. The van der Waals surface area contributed by atoms with Crippen LogP contribution in [0.25, 0.3) is 0 Å². The molecule has 16 heteroatoms. The molecule has 3 amide bonds. The number of ether oxygens (including phenoxy) is 1. The highest BCUT2D eigenvalue weighted by atomic mass is 16.6. The van der Waals surface area contributed by atoms with Gasteiger partial charge in [0.25, 0.3) is 17.5 Å². The third kappa shape index (κ3) is 12.0. The van der Waals surface area contributed by atoms with Crippen molar-refractivity contribution in [3.63, 3.8) is 0 Å². The largest absolute Gasteiger partial charge is 0.504 e. The van der Waals surface area contributed by atoms with Crippen LogP contribution in [0, 0.1) is 16.0 Å². The number of carboxylic acids is 1. The fraction of sp³-hybridized carbons (Fsp3) is 0.196. The maximum Gasteiger partial charge on any atom is 0.335 e. The van der Waals surface area contributed by atoms with Crippen LogP contribution >= 0.6 is 0 Å². The van der Waals surface area contributed by atoms with Gasteiger partial charge in [-0.1, -0.05) is 56.3 Å². The Morgan fingerprint density at radius 1 is 0.694 bits per heavy atom. The molecule has 0 aliphatic carbocycles. The van der Waals surface area contributed by atoms with Crippen LogP contribution in [0.5, 0.6) is 11.5 Å². The van der Waals surface area contributed by atoms with Crippen LogP contribution in [0.1, 0.15) is 88.7 Å². The van der Waals surface area contributed by atoms with Gasteiger partial charge in [-0.15, -0.1) is 0 Å². The van der Waals surface area contributed by atoms with Gasteiger partial charge in [-0.2, -0.15) is 0 Å². The minimum atomic E-state index is -1.29. The quantitative estimate of drug-likeness (QED) is 0.0347. The molecule has 0 aromatic heterocycles. The second-order valence-corrected chi connectivity index (χ2v) is 14.7. The number of nitro groups is 1. The number of carboxylic acid groups (broad SMARTS) is 1. The highest BCUT2D eigenvalue weighted by molar-refractivity contribution is 6.05. The Bertz CT molecular complexity index is 2520. The van der Waals surface area contributed by atoms with Crippen molar-refractivity contribution in [3.05, 3.63) is 164 Å². The number of carbonyl (C=O) groups is 7. The Kier molecular flexibility index (Phi) is 14.8. The molecular formula is C46H42N4O12. The van der Waals surface area contributed by atoms with Crippen LogP contribution in [0.3, 0.4) is 0 Å². The van der Waals surface area contributed by atoms with Crippen molar-refractivity contribution in [1.29, 1.82) is 0 Å². The summed E-state index contributed by atoms with van der Waals surface area (Å²) in [6, 6.07) is 24.3. The third-order valence-corrected chi connectivity index (χ3v) is 9.49. The Morgan fingerprint density at radius 3 is 1.81 bits per heavy atom. The predicted molar refractivity (Wildman–Crippen MR) is 226 cm³/mol. The van der Waals surface area contributed by atoms with Crippen LogP contribution in [0.4, 0.5) is 11.4 Å². The molecule has 0 unspecified atom stereocenters. The monoisotopic (exact) mass is 842 g/mol. The number of nitrogens with one attached hydrogen (secondary N) is 2. The number of Topliss-reactive ketones (excluding diaryl/α,β-unsaturated/α-hetero) is 3. The van der Waals surface area contributed by atoms with Crippen LogP contribution < -0.4 is 21.1 Å². The number of ketones is 3. The van der Waals surface area contributed by atoms with Gasteiger partial charge in [0.15, 0.2) is 28.8 Å². The molecule has 0 aliphatic heterocycles. The number of non-ortho nitro benzene ring substituents is 1. The summed E-state index contributed by atoms with van der Waals surface area (Å²) in [4.78, 5) is 99.2. The first-order valence-electron chi connectivity index (χ1n) is 19.2. The number of anilines is 1. The van der Waals surface area contributed by atoms with Gasteiger partial charge in [-0.05, 0) is 71.6 Å². The number of rotatable bonds is 20. The molecule has 0 bridgehead atoms. The summed E-state index contributed by atoms with van der Waals surface area (Å²) in [5.41, 5.74) is 7.50. The number of aromatic hydroxyl groups is 1. The number of nitro benzene ring substituents is 1. The van der Waals surface area contributed by atoms with E-state index in [9.17, 15) is 48.8 Å². The number of amides is 3. The van der Waals surface area contributed by atoms with Crippen LogP contribution in [-0.2, 0) is 28.9 Å². The van der Waals surface area contributed by atoms with E-state index >= 15 is 0 Å². The summed E-state index contributed by atoms with van der Waals surface area (Å²) in [5, 5.41) is 36.4. The summed E-state index contributed by atoms with van der Waals surface area (Å²) >= 11 is 0. The minimum Gasteiger partial charge on any atom is -0.504 e. The SMILES string of the molecule is CC(C)COc1c(CC(=O)c2ccc(CC(=O)[C@H](CC(N)=O)NC(=O)c3ccc(NC(=O)c4ccc([N+](=O)[O-])cc4)cc3)cc2)ccc(C(=O)Cc2ccc(C(=O)O)cc2)c1O. The summed E-state index contributed by atoms with van der Waals surface area (Å²) in [5.74, 6) is -4.87. The van der Waals surface area contributed by atoms with Gasteiger partial charge in [0.05, 0.1) is 35.1 Å². The summed E-state index contributed by atoms with van der Waals surface area (Å²) in [6.07, 6.45) is -1.03. The molecule has 5 aromatic rings. The van der Waals surface area contributed by atoms with Gasteiger partial charge in [0.1, 0.15) is 0 Å². The number of phenolic OH excluding ortho intramolecular Hbond substituents is 1. The number of nitrogens with zero attached hydrogens (tertiary/aromatic N) is 1. The Morgan fingerprint density at radius 2 is 1.24 bits per heavy atom. The van der Waals surface area contributed by atoms with E-state index in [1.165, 1.54) is 97.1 Å². The van der Waals surface area contributed by atoms with Crippen molar-refractivity contribution in [3.8, 4) is 11.5 Å². The minimum absolute atomic E-state index is 0.00808. The van der Waals surface area contributed by atoms with E-state index in [0.29, 0.717) is 22.4 Å². The third-order valence-electron chi connectivity index (χ3n) is 9.49. The fourth-order valence-electron chi connectivity index (χ4n) is 6.17. The molecular weight excluding hydrogens is 801 g/mol. The van der Waals surface area contributed by atoms with E-state index in [1.807, 2.05) is 13.8 Å². The van der Waals surface area contributed by atoms with Crippen LogP contribution in [0.2, 0.25) is 0 Å². The zero-order valence-electron chi connectivity index (χ0n) is 33.6. The second-order valence-electron chi connectivity index (χ2n) is 14.7. The number of benzene rings is 5. The van der Waals surface area contributed by atoms with Gasteiger partial charge in [0.2, 0.25) is 5.91 Å². The molecule has 6 N–H and O–H groups in total. The van der Waals surface area contributed by atoms with Gasteiger partial charge in [-0.25, -0.2) is 4.79 Å². The fourth-order valence-corrected chi connectivity index (χ4v) is 6.17. The van der Waals surface area contributed by atoms with E-state index in [1.54, 1.807) is 12.1 Å². The van der Waals surface area contributed by atoms with Crippen LogP contribution in [-0.4, -0.2) is 68.8 Å². The Balaban J connectivity index is 1.22. The first kappa shape index (κ1) is 45.1. The highest BCUT2D eigenvalue weighted by Gasteiger charge is 2.25. The molecule has 0 radical (unpaired) electrons. The van der Waals surface area contributed by atoms with E-state index < -0.39 is 58.4 Å². The zero-order valence-corrected chi connectivity index (χ0v) is 33.6. The maximum atomic E-state index is 13.5. The van der Waals surface area contributed by atoms with Crippen molar-refractivity contribution >= 4 is 52.4 Å². The zero-order chi connectivity index (χ0) is 45.1. The molecule has 0 spiro atoms. The predicted octanol–water partition coefficient (Wildman–Crippen LogP) is 5.92. The smallest absolute Gasteiger partial charge is 0.335 e. The lowest BCUT2D eigenvalue weighted by Crippen LogP contribution is -2.44. The number of phenols is 1. The first-order chi connectivity index (χ1) is 29.5. The van der Waals surface area contributed by atoms with Crippen molar-refractivity contribution in [2.75, 3.05) is 11.9 Å². The van der Waals surface area contributed by atoms with E-state index in [2.05, 4.69) is 10.6 Å². The summed E-state index contributed by atoms with van der Waals surface area (Å²) in [6.45, 7) is 3.97. The number of aromatic carboxylic acids is 1. The second kappa shape index (κ2) is 20.3. The van der Waals surface area contributed by atoms with Crippen molar-refractivity contribution < 1.29 is 53.4 Å². The highest BCUT2D eigenvalue weighted by Crippen LogP contribution is 2.36. The lowest BCUT2D eigenvalue weighted by molar-refractivity contribution is -0.384. The average Bonchev–Trinajstić information content (AvgIpc) is 3.23. The van der Waals surface area contributed by atoms with Gasteiger partial charge >= 0.3 is 5.97 Å². The molecule has 62 heavy (non-hydrogen) atoms. The normalized spacial score (nSPS) is 11.3. The van der Waals surface area contributed by atoms with Crippen molar-refractivity contribution in [2.24, 2.45) is 11.7 Å². The van der Waals surface area contributed by atoms with Gasteiger partial charge in [-0.3, -0.25) is 38.9 Å². The number of primary amides is 1. The molecule has 0 aliphatic rings. The molecule has 0 saturated heterocycles. The number of hydrogen-bond acceptors (Lipinski definition) is 11. The van der Waals surface area contributed by atoms with Crippen LogP contribution in [0.15, 0.2) is 109 Å². The molecule has 5 aromatic carbocycles. The van der Waals surface area contributed by atoms with Crippen molar-refractivity contribution in [1.82, 2.24) is 5.32 Å². The van der Waals surface area contributed by atoms with Gasteiger partial charge < -0.3 is 31.3 Å². The summed E-state index contributed by atoms with van der Waals surface area (Å²) < 4.78 is 5.91. The standard InChI is InChI=1S/C46H42N4O12/c1-26(2)25-62-43-33(15-20-36(42(43)55)39(52)21-27-5-9-32(10-6-27)46(58)59)23-38(51)29-7-3-28(4-8-29)22-40(53)37(24-41(47)54)49-45(57)30-11-16-34(17-12-30)48-44(56)31-13-18-35(19-14-31)50(60)61/h3-20,26,37,55H,21-25H2,1-2H3,(H2,47,54)(H,48,56)(H,49,57)(H,58,59)/t37-/m0/s1. The molecule has 0 saturated carbocycles.